The van der Waals surface area contributed by atoms with Crippen LogP contribution in [0.25, 0.3) is 0 Å². The molecule has 1 aliphatic heterocycles. The lowest BCUT2D eigenvalue weighted by Crippen LogP contribution is -2.33. The molecule has 0 bridgehead atoms. The first-order valence-electron chi connectivity index (χ1n) is 8.01. The summed E-state index contributed by atoms with van der Waals surface area (Å²) in [5, 5.41) is 6.42. The third-order valence-corrected chi connectivity index (χ3v) is 4.28. The lowest BCUT2D eigenvalue weighted by atomic mass is 9.96. The van der Waals surface area contributed by atoms with E-state index < -0.39 is 0 Å². The molecule has 1 unspecified atom stereocenters. The number of piperidine rings is 1. The van der Waals surface area contributed by atoms with Crippen LogP contribution in [0.1, 0.15) is 43.5 Å². The van der Waals surface area contributed by atoms with Crippen molar-refractivity contribution in [3.05, 3.63) is 28.2 Å². The summed E-state index contributed by atoms with van der Waals surface area (Å²) in [5.74, 6) is 1.23. The summed E-state index contributed by atoms with van der Waals surface area (Å²) in [6.45, 7) is 6.81. The minimum atomic E-state index is -0.0630. The molecule has 0 aliphatic carbocycles. The van der Waals surface area contributed by atoms with Crippen LogP contribution in [-0.4, -0.2) is 31.6 Å². The van der Waals surface area contributed by atoms with Gasteiger partial charge in [0.25, 0.3) is 5.91 Å². The van der Waals surface area contributed by atoms with E-state index in [1.165, 1.54) is 12.8 Å². The fourth-order valence-electron chi connectivity index (χ4n) is 2.69. The third-order valence-electron chi connectivity index (χ3n) is 3.79. The molecule has 6 heteroatoms. The van der Waals surface area contributed by atoms with Crippen LogP contribution in [0.3, 0.4) is 0 Å². The lowest BCUT2D eigenvalue weighted by Gasteiger charge is -2.22. The molecule has 1 saturated heterocycles. The van der Waals surface area contributed by atoms with E-state index in [4.69, 9.17) is 4.74 Å². The number of hydrogen-bond donors (Lipinski definition) is 2. The van der Waals surface area contributed by atoms with Gasteiger partial charge in [-0.3, -0.25) is 4.79 Å². The molecule has 1 atom stereocenters. The zero-order valence-corrected chi connectivity index (χ0v) is 16.1. The van der Waals surface area contributed by atoms with Crippen molar-refractivity contribution in [2.24, 2.45) is 5.92 Å². The first-order chi connectivity index (χ1) is 10.6. The van der Waals surface area contributed by atoms with Gasteiger partial charge in [-0.05, 0) is 70.3 Å². The lowest BCUT2D eigenvalue weighted by molar-refractivity contribution is 0.0945. The maximum Gasteiger partial charge on any atom is 0.255 e. The number of carbonyl (C=O) groups excluding carboxylic acids is 1. The highest BCUT2D eigenvalue weighted by atomic mass is 79.9. The Labute approximate surface area is 153 Å². The molecular formula is C17H26BrClN2O2. The Morgan fingerprint density at radius 3 is 2.91 bits per heavy atom. The van der Waals surface area contributed by atoms with E-state index in [1.54, 1.807) is 6.07 Å². The second kappa shape index (κ2) is 10.2. The van der Waals surface area contributed by atoms with Crippen molar-refractivity contribution >= 4 is 34.2 Å². The van der Waals surface area contributed by atoms with Gasteiger partial charge in [0, 0.05) is 11.0 Å². The molecule has 4 nitrogen and oxygen atoms in total. The van der Waals surface area contributed by atoms with Crippen LogP contribution in [0, 0.1) is 5.92 Å². The topological polar surface area (TPSA) is 50.4 Å². The highest BCUT2D eigenvalue weighted by molar-refractivity contribution is 9.10. The third kappa shape index (κ3) is 6.69. The van der Waals surface area contributed by atoms with Crippen LogP contribution in [0.4, 0.5) is 0 Å². The highest BCUT2D eigenvalue weighted by Gasteiger charge is 2.16. The van der Waals surface area contributed by atoms with Crippen molar-refractivity contribution in [3.8, 4) is 5.75 Å². The summed E-state index contributed by atoms with van der Waals surface area (Å²) in [6, 6.07) is 5.52. The molecule has 1 aromatic rings. The highest BCUT2D eigenvalue weighted by Crippen LogP contribution is 2.25. The van der Waals surface area contributed by atoms with E-state index in [2.05, 4.69) is 26.6 Å². The summed E-state index contributed by atoms with van der Waals surface area (Å²) in [7, 11) is 0. The Morgan fingerprint density at radius 1 is 1.48 bits per heavy atom. The van der Waals surface area contributed by atoms with Crippen LogP contribution in [0.15, 0.2) is 22.7 Å². The number of amides is 1. The van der Waals surface area contributed by atoms with Crippen LogP contribution in [-0.2, 0) is 0 Å². The summed E-state index contributed by atoms with van der Waals surface area (Å²) < 4.78 is 6.65. The van der Waals surface area contributed by atoms with E-state index in [9.17, 15) is 4.79 Å². The number of benzene rings is 1. The minimum absolute atomic E-state index is 0. The fraction of sp³-hybridized carbons (Fsp3) is 0.588. The van der Waals surface area contributed by atoms with Crippen molar-refractivity contribution in [1.82, 2.24) is 10.6 Å². The number of rotatable bonds is 6. The number of nitrogens with one attached hydrogen (secondary N) is 2. The van der Waals surface area contributed by atoms with Gasteiger partial charge in [0.1, 0.15) is 5.75 Å². The Hall–Kier alpha value is -0.780. The predicted octanol–water partition coefficient (Wildman–Crippen LogP) is 3.78. The van der Waals surface area contributed by atoms with Crippen LogP contribution < -0.4 is 15.4 Å². The summed E-state index contributed by atoms with van der Waals surface area (Å²) in [4.78, 5) is 12.4. The molecule has 0 saturated carbocycles. The number of halogens is 2. The second-order valence-corrected chi connectivity index (χ2v) is 6.98. The molecule has 0 aromatic heterocycles. The van der Waals surface area contributed by atoms with Crippen molar-refractivity contribution < 1.29 is 9.53 Å². The summed E-state index contributed by atoms with van der Waals surface area (Å²) in [6.07, 6.45) is 3.55. The van der Waals surface area contributed by atoms with Gasteiger partial charge in [-0.25, -0.2) is 0 Å². The number of carbonyl (C=O) groups is 1. The van der Waals surface area contributed by atoms with E-state index in [-0.39, 0.29) is 24.4 Å². The smallest absolute Gasteiger partial charge is 0.255 e. The Balaban J connectivity index is 0.00000264. The monoisotopic (exact) mass is 404 g/mol. The predicted molar refractivity (Wildman–Crippen MR) is 99.7 cm³/mol. The van der Waals surface area contributed by atoms with Gasteiger partial charge in [-0.1, -0.05) is 15.9 Å². The van der Waals surface area contributed by atoms with E-state index in [0.29, 0.717) is 23.8 Å². The normalized spacial score (nSPS) is 17.5. The molecule has 2 N–H and O–H groups in total. The van der Waals surface area contributed by atoms with E-state index >= 15 is 0 Å². The van der Waals surface area contributed by atoms with Gasteiger partial charge < -0.3 is 15.4 Å². The van der Waals surface area contributed by atoms with Gasteiger partial charge in [0.15, 0.2) is 0 Å². The van der Waals surface area contributed by atoms with Gasteiger partial charge in [-0.15, -0.1) is 12.4 Å². The Kier molecular flexibility index (Phi) is 8.95. The summed E-state index contributed by atoms with van der Waals surface area (Å²) in [5.41, 5.74) is 0.596. The molecule has 1 aromatic carbocycles. The molecule has 1 amide bonds. The maximum absolute atomic E-state index is 12.4. The molecular weight excluding hydrogens is 380 g/mol. The number of ether oxygens (including phenoxy) is 1. The molecule has 130 valence electrons. The average molecular weight is 406 g/mol. The molecule has 1 heterocycles. The Morgan fingerprint density at radius 2 is 2.26 bits per heavy atom. The molecule has 0 radical (unpaired) electrons. The fourth-order valence-corrected chi connectivity index (χ4v) is 3.03. The largest absolute Gasteiger partial charge is 0.490 e. The van der Waals surface area contributed by atoms with Crippen LogP contribution >= 0.6 is 28.3 Å². The molecule has 1 aliphatic rings. The maximum atomic E-state index is 12.4. The van der Waals surface area contributed by atoms with Crippen molar-refractivity contribution in [2.75, 3.05) is 19.6 Å². The van der Waals surface area contributed by atoms with Crippen molar-refractivity contribution in [2.45, 2.75) is 39.2 Å². The van der Waals surface area contributed by atoms with Gasteiger partial charge >= 0.3 is 0 Å². The standard InChI is InChI=1S/C17H25BrN2O2.ClH/c1-12(2)22-16-10-14(18)5-6-15(16)17(21)20-9-7-13-4-3-8-19-11-13;/h5-6,10,12-13,19H,3-4,7-9,11H2,1-2H3,(H,20,21);1H. The SMILES string of the molecule is CC(C)Oc1cc(Br)ccc1C(=O)NCCC1CCCNC1.Cl. The molecule has 2 rings (SSSR count). The van der Waals surface area contributed by atoms with Gasteiger partial charge in [0.05, 0.1) is 11.7 Å². The van der Waals surface area contributed by atoms with Crippen molar-refractivity contribution in [3.63, 3.8) is 0 Å². The number of hydrogen-bond acceptors (Lipinski definition) is 3. The zero-order valence-electron chi connectivity index (χ0n) is 13.7. The minimum Gasteiger partial charge on any atom is -0.490 e. The van der Waals surface area contributed by atoms with Gasteiger partial charge in [-0.2, -0.15) is 0 Å². The molecule has 1 fully saturated rings. The molecule has 23 heavy (non-hydrogen) atoms. The zero-order chi connectivity index (χ0) is 15.9. The first-order valence-corrected chi connectivity index (χ1v) is 8.80. The summed E-state index contributed by atoms with van der Waals surface area (Å²) >= 11 is 3.42. The Bertz CT molecular complexity index is 505. The van der Waals surface area contributed by atoms with E-state index in [1.807, 2.05) is 26.0 Å². The average Bonchev–Trinajstić information content (AvgIpc) is 2.47. The molecule has 0 spiro atoms. The van der Waals surface area contributed by atoms with Crippen LogP contribution in [0.5, 0.6) is 5.75 Å². The van der Waals surface area contributed by atoms with Gasteiger partial charge in [0.2, 0.25) is 0 Å². The van der Waals surface area contributed by atoms with E-state index in [0.717, 1.165) is 24.0 Å². The first kappa shape index (κ1) is 20.3. The quantitative estimate of drug-likeness (QED) is 0.757. The second-order valence-electron chi connectivity index (χ2n) is 6.06. The van der Waals surface area contributed by atoms with Crippen LogP contribution in [0.2, 0.25) is 0 Å². The van der Waals surface area contributed by atoms with Crippen molar-refractivity contribution in [1.29, 1.82) is 0 Å².